The van der Waals surface area contributed by atoms with Gasteiger partial charge in [0.15, 0.2) is 18.7 Å². The van der Waals surface area contributed by atoms with Gasteiger partial charge >= 0.3 is 0 Å². The Hall–Kier alpha value is -1.22. The standard InChI is InChI=1S/C7H8NO.H2O/c1-8-4-2-3-7(5-8)6-9;/h2-6H,1H3;1H2/q+1;/p-1. The number of aryl methyl sites for hydroxylation is 1. The van der Waals surface area contributed by atoms with E-state index in [1.807, 2.05) is 23.9 Å². The number of carbonyl (C=O) groups excluding carboxylic acids is 1. The highest BCUT2D eigenvalue weighted by molar-refractivity contribution is 5.73. The smallest absolute Gasteiger partial charge is 0.179 e. The minimum Gasteiger partial charge on any atom is -0.870 e. The number of pyridine rings is 1. The fourth-order valence-corrected chi connectivity index (χ4v) is 0.681. The molecule has 0 aliphatic rings. The summed E-state index contributed by atoms with van der Waals surface area (Å²) in [5.41, 5.74) is 0.708. The third-order valence-corrected chi connectivity index (χ3v) is 1.10. The van der Waals surface area contributed by atoms with Crippen molar-refractivity contribution in [3.05, 3.63) is 30.1 Å². The lowest BCUT2D eigenvalue weighted by molar-refractivity contribution is -0.671. The zero-order valence-corrected chi connectivity index (χ0v) is 5.69. The van der Waals surface area contributed by atoms with E-state index in [4.69, 9.17) is 0 Å². The second-order valence-electron chi connectivity index (χ2n) is 1.92. The quantitative estimate of drug-likeness (QED) is 0.410. The zero-order valence-electron chi connectivity index (χ0n) is 5.69. The van der Waals surface area contributed by atoms with E-state index in [9.17, 15) is 4.79 Å². The van der Waals surface area contributed by atoms with Crippen LogP contribution in [0.1, 0.15) is 10.4 Å². The van der Waals surface area contributed by atoms with Crippen molar-refractivity contribution in [2.24, 2.45) is 7.05 Å². The van der Waals surface area contributed by atoms with E-state index in [1.165, 1.54) is 0 Å². The van der Waals surface area contributed by atoms with E-state index in [0.29, 0.717) is 5.56 Å². The first-order valence-electron chi connectivity index (χ1n) is 2.73. The van der Waals surface area contributed by atoms with Gasteiger partial charge in [-0.25, -0.2) is 4.57 Å². The average molecular weight is 139 g/mol. The summed E-state index contributed by atoms with van der Waals surface area (Å²) in [7, 11) is 1.88. The van der Waals surface area contributed by atoms with Gasteiger partial charge in [-0.15, -0.1) is 0 Å². The molecule has 0 atom stereocenters. The number of carbonyl (C=O) groups is 1. The second kappa shape index (κ2) is 3.74. The van der Waals surface area contributed by atoms with E-state index in [-0.39, 0.29) is 5.48 Å². The number of hydrogen-bond acceptors (Lipinski definition) is 2. The molecule has 54 valence electrons. The Morgan fingerprint density at radius 2 is 2.30 bits per heavy atom. The van der Waals surface area contributed by atoms with Gasteiger partial charge in [-0.2, -0.15) is 0 Å². The molecule has 1 rings (SSSR count). The van der Waals surface area contributed by atoms with Gasteiger partial charge in [-0.3, -0.25) is 4.79 Å². The van der Waals surface area contributed by atoms with Crippen molar-refractivity contribution in [2.45, 2.75) is 0 Å². The van der Waals surface area contributed by atoms with E-state index in [2.05, 4.69) is 0 Å². The van der Waals surface area contributed by atoms with Crippen LogP contribution in [0.4, 0.5) is 0 Å². The van der Waals surface area contributed by atoms with E-state index in [0.717, 1.165) is 6.29 Å². The Labute approximate surface area is 59.2 Å². The van der Waals surface area contributed by atoms with Crippen LogP contribution < -0.4 is 4.57 Å². The van der Waals surface area contributed by atoms with Crippen molar-refractivity contribution in [3.8, 4) is 0 Å². The van der Waals surface area contributed by atoms with Crippen LogP contribution >= 0.6 is 0 Å². The largest absolute Gasteiger partial charge is 0.870 e. The third kappa shape index (κ3) is 1.95. The molecule has 1 heterocycles. The van der Waals surface area contributed by atoms with Crippen LogP contribution in [0, 0.1) is 0 Å². The first kappa shape index (κ1) is 8.78. The summed E-state index contributed by atoms with van der Waals surface area (Å²) in [6.45, 7) is 0. The predicted octanol–water partition coefficient (Wildman–Crippen LogP) is 0.147. The topological polar surface area (TPSA) is 51.0 Å². The monoisotopic (exact) mass is 139 g/mol. The Balaban J connectivity index is 0.000000810. The van der Waals surface area contributed by atoms with Crippen LogP contribution in [0.25, 0.3) is 0 Å². The van der Waals surface area contributed by atoms with Crippen molar-refractivity contribution in [1.82, 2.24) is 0 Å². The molecule has 10 heavy (non-hydrogen) atoms. The Morgan fingerprint density at radius 3 is 2.70 bits per heavy atom. The van der Waals surface area contributed by atoms with Gasteiger partial charge < -0.3 is 5.48 Å². The molecule has 3 heteroatoms. The van der Waals surface area contributed by atoms with Gasteiger partial charge in [-0.05, 0) is 6.07 Å². The average Bonchev–Trinajstić information content (AvgIpc) is 1.88. The summed E-state index contributed by atoms with van der Waals surface area (Å²) in [5, 5.41) is 0. The minimum atomic E-state index is 0. The van der Waals surface area contributed by atoms with E-state index in [1.54, 1.807) is 12.3 Å². The van der Waals surface area contributed by atoms with Gasteiger partial charge in [-0.1, -0.05) is 0 Å². The molecular weight excluding hydrogens is 130 g/mol. The van der Waals surface area contributed by atoms with Gasteiger partial charge in [0, 0.05) is 6.07 Å². The van der Waals surface area contributed by atoms with Crippen molar-refractivity contribution in [2.75, 3.05) is 0 Å². The lowest BCUT2D eigenvalue weighted by Gasteiger charge is -1.84. The number of hydrogen-bond donors (Lipinski definition) is 0. The molecular formula is C7H9NO2. The lowest BCUT2D eigenvalue weighted by atomic mass is 10.3. The SMILES string of the molecule is C[n+]1cccc(C=O)c1.[OH-]. The van der Waals surface area contributed by atoms with Crippen LogP contribution in [0.15, 0.2) is 24.5 Å². The number of aldehydes is 1. The highest BCUT2D eigenvalue weighted by atomic mass is 16.1. The van der Waals surface area contributed by atoms with Gasteiger partial charge in [0.1, 0.15) is 7.05 Å². The summed E-state index contributed by atoms with van der Waals surface area (Å²) >= 11 is 0. The molecule has 0 fully saturated rings. The fourth-order valence-electron chi connectivity index (χ4n) is 0.681. The molecule has 1 aromatic rings. The zero-order chi connectivity index (χ0) is 6.69. The summed E-state index contributed by atoms with van der Waals surface area (Å²) in [5.74, 6) is 0. The lowest BCUT2D eigenvalue weighted by Crippen LogP contribution is -2.26. The second-order valence-corrected chi connectivity index (χ2v) is 1.92. The van der Waals surface area contributed by atoms with Gasteiger partial charge in [0.25, 0.3) is 0 Å². The molecule has 0 aliphatic carbocycles. The molecule has 1 aromatic heterocycles. The summed E-state index contributed by atoms with van der Waals surface area (Å²) in [6.07, 6.45) is 4.49. The third-order valence-electron chi connectivity index (χ3n) is 1.10. The maximum absolute atomic E-state index is 10.1. The molecule has 0 aliphatic heterocycles. The van der Waals surface area contributed by atoms with E-state index < -0.39 is 0 Å². The van der Waals surface area contributed by atoms with Crippen molar-refractivity contribution in [1.29, 1.82) is 0 Å². The molecule has 0 amide bonds. The van der Waals surface area contributed by atoms with Crippen LogP contribution in [0.2, 0.25) is 0 Å². The van der Waals surface area contributed by atoms with Crippen molar-refractivity contribution >= 4 is 6.29 Å². The van der Waals surface area contributed by atoms with Crippen LogP contribution in [0.3, 0.4) is 0 Å². The van der Waals surface area contributed by atoms with E-state index >= 15 is 0 Å². The van der Waals surface area contributed by atoms with Gasteiger partial charge in [0.05, 0.1) is 5.56 Å². The predicted molar refractivity (Wildman–Crippen MR) is 34.9 cm³/mol. The fraction of sp³-hybridized carbons (Fsp3) is 0.143. The molecule has 0 bridgehead atoms. The summed E-state index contributed by atoms with van der Waals surface area (Å²) in [6, 6.07) is 3.61. The molecule has 0 saturated carbocycles. The molecule has 1 N–H and O–H groups in total. The normalized spacial score (nSPS) is 8.10. The molecule has 0 radical (unpaired) electrons. The highest BCUT2D eigenvalue weighted by Crippen LogP contribution is 1.85. The van der Waals surface area contributed by atoms with Crippen molar-refractivity contribution < 1.29 is 14.8 Å². The molecule has 0 spiro atoms. The molecule has 0 unspecified atom stereocenters. The Bertz CT molecular complexity index is 223. The first-order valence-corrected chi connectivity index (χ1v) is 2.73. The first-order chi connectivity index (χ1) is 4.33. The Kier molecular flexibility index (Phi) is 3.28. The van der Waals surface area contributed by atoms with Crippen molar-refractivity contribution in [3.63, 3.8) is 0 Å². The summed E-state index contributed by atoms with van der Waals surface area (Å²) in [4.78, 5) is 10.1. The maximum Gasteiger partial charge on any atom is 0.179 e. The summed E-state index contributed by atoms with van der Waals surface area (Å²) < 4.78 is 1.84. The Morgan fingerprint density at radius 1 is 1.60 bits per heavy atom. The molecule has 0 aromatic carbocycles. The van der Waals surface area contributed by atoms with Gasteiger partial charge in [0.2, 0.25) is 0 Å². The maximum atomic E-state index is 10.1. The van der Waals surface area contributed by atoms with Crippen LogP contribution in [-0.2, 0) is 7.05 Å². The minimum absolute atomic E-state index is 0. The number of nitrogens with zero attached hydrogens (tertiary/aromatic N) is 1. The molecule has 3 nitrogen and oxygen atoms in total. The van der Waals surface area contributed by atoms with Crippen LogP contribution in [-0.4, -0.2) is 11.8 Å². The highest BCUT2D eigenvalue weighted by Gasteiger charge is 1.92. The molecule has 0 saturated heterocycles. The van der Waals surface area contributed by atoms with Crippen LogP contribution in [0.5, 0.6) is 0 Å². The number of rotatable bonds is 1. The number of aromatic nitrogens is 1.